The molecule has 100 valence electrons. The van der Waals surface area contributed by atoms with Crippen molar-refractivity contribution in [3.63, 3.8) is 0 Å². The number of benzene rings is 1. The zero-order valence-corrected chi connectivity index (χ0v) is 10.5. The molecule has 2 aliphatic rings. The van der Waals surface area contributed by atoms with Crippen LogP contribution < -0.4 is 10.2 Å². The minimum absolute atomic E-state index is 0.0597. The number of fused-ring (bicyclic) bond motifs is 1. The van der Waals surface area contributed by atoms with Gasteiger partial charge in [0.15, 0.2) is 0 Å². The fraction of sp³-hybridized carbons (Fsp3) is 0.429. The number of para-hydroxylation sites is 1. The van der Waals surface area contributed by atoms with Crippen molar-refractivity contribution in [3.05, 3.63) is 29.8 Å². The van der Waals surface area contributed by atoms with E-state index in [4.69, 9.17) is 5.11 Å². The Morgan fingerprint density at radius 1 is 1.32 bits per heavy atom. The third kappa shape index (κ3) is 2.41. The molecule has 1 atom stereocenters. The average molecular weight is 260 g/mol. The molecule has 1 saturated carbocycles. The van der Waals surface area contributed by atoms with Gasteiger partial charge in [0.25, 0.3) is 0 Å². The smallest absolute Gasteiger partial charge is 0.322 e. The van der Waals surface area contributed by atoms with Crippen LogP contribution in [0.4, 0.5) is 10.5 Å². The van der Waals surface area contributed by atoms with Crippen LogP contribution in [0.25, 0.3) is 0 Å². The van der Waals surface area contributed by atoms with Gasteiger partial charge < -0.3 is 10.4 Å². The lowest BCUT2D eigenvalue weighted by Gasteiger charge is -2.18. The molecule has 1 aliphatic heterocycles. The predicted octanol–water partition coefficient (Wildman–Crippen LogP) is 1.94. The van der Waals surface area contributed by atoms with Gasteiger partial charge in [0.05, 0.1) is 6.42 Å². The van der Waals surface area contributed by atoms with Crippen LogP contribution in [0.2, 0.25) is 0 Å². The van der Waals surface area contributed by atoms with Gasteiger partial charge in [-0.05, 0) is 24.5 Å². The van der Waals surface area contributed by atoms with Crippen LogP contribution in [-0.2, 0) is 4.79 Å². The Balaban J connectivity index is 1.82. The van der Waals surface area contributed by atoms with Crippen LogP contribution in [0.15, 0.2) is 24.3 Å². The molecule has 1 aromatic carbocycles. The molecule has 1 unspecified atom stereocenters. The zero-order valence-electron chi connectivity index (χ0n) is 10.5. The van der Waals surface area contributed by atoms with E-state index in [1.165, 1.54) is 0 Å². The number of hydrogen-bond donors (Lipinski definition) is 2. The average Bonchev–Trinajstić information content (AvgIpc) is 3.11. The molecule has 0 saturated heterocycles. The second-order valence-corrected chi connectivity index (χ2v) is 5.19. The maximum atomic E-state index is 12.2. The molecule has 5 heteroatoms. The second kappa shape index (κ2) is 4.57. The quantitative estimate of drug-likeness (QED) is 0.872. The third-order valence-corrected chi connectivity index (χ3v) is 3.64. The fourth-order valence-electron chi connectivity index (χ4n) is 2.55. The first-order chi connectivity index (χ1) is 9.15. The first kappa shape index (κ1) is 12.0. The SMILES string of the molecule is O=C(O)CC1CN(C(=O)NC2CC2)c2ccccc21. The number of anilines is 1. The molecule has 0 aromatic heterocycles. The summed E-state index contributed by atoms with van der Waals surface area (Å²) in [4.78, 5) is 24.7. The van der Waals surface area contributed by atoms with Gasteiger partial charge in [-0.15, -0.1) is 0 Å². The van der Waals surface area contributed by atoms with E-state index in [1.54, 1.807) is 4.90 Å². The molecular formula is C14H16N2O3. The van der Waals surface area contributed by atoms with Gasteiger partial charge in [0.1, 0.15) is 0 Å². The van der Waals surface area contributed by atoms with Crippen molar-refractivity contribution >= 4 is 17.7 Å². The predicted molar refractivity (Wildman–Crippen MR) is 70.3 cm³/mol. The van der Waals surface area contributed by atoms with Crippen molar-refractivity contribution in [2.45, 2.75) is 31.2 Å². The summed E-state index contributed by atoms with van der Waals surface area (Å²) in [6.07, 6.45) is 2.14. The Labute approximate surface area is 111 Å². The van der Waals surface area contributed by atoms with Crippen LogP contribution >= 0.6 is 0 Å². The van der Waals surface area contributed by atoms with Gasteiger partial charge in [-0.2, -0.15) is 0 Å². The number of carbonyl (C=O) groups excluding carboxylic acids is 1. The van der Waals surface area contributed by atoms with Crippen molar-refractivity contribution in [2.24, 2.45) is 0 Å². The Morgan fingerprint density at radius 3 is 2.74 bits per heavy atom. The van der Waals surface area contributed by atoms with Crippen molar-refractivity contribution < 1.29 is 14.7 Å². The Hall–Kier alpha value is -2.04. The number of carboxylic acids is 1. The summed E-state index contributed by atoms with van der Waals surface area (Å²) in [5, 5.41) is 11.9. The maximum Gasteiger partial charge on any atom is 0.322 e. The van der Waals surface area contributed by atoms with E-state index in [9.17, 15) is 9.59 Å². The Kier molecular flexibility index (Phi) is 2.89. The summed E-state index contributed by atoms with van der Waals surface area (Å²) in [5.41, 5.74) is 1.79. The van der Waals surface area contributed by atoms with E-state index in [0.717, 1.165) is 24.1 Å². The third-order valence-electron chi connectivity index (χ3n) is 3.64. The highest BCUT2D eigenvalue weighted by Gasteiger charge is 2.35. The molecule has 0 spiro atoms. The molecule has 1 heterocycles. The highest BCUT2D eigenvalue weighted by Crippen LogP contribution is 2.38. The number of amides is 2. The molecule has 0 radical (unpaired) electrons. The van der Waals surface area contributed by atoms with Crippen LogP contribution in [0.5, 0.6) is 0 Å². The summed E-state index contributed by atoms with van der Waals surface area (Å²) >= 11 is 0. The summed E-state index contributed by atoms with van der Waals surface area (Å²) < 4.78 is 0. The van der Waals surface area contributed by atoms with Gasteiger partial charge in [-0.3, -0.25) is 9.69 Å². The minimum atomic E-state index is -0.829. The standard InChI is InChI=1S/C14H16N2O3/c17-13(18)7-9-8-16(14(19)15-10-5-6-10)12-4-2-1-3-11(9)12/h1-4,9-10H,5-8H2,(H,15,19)(H,17,18). The number of aliphatic carboxylic acids is 1. The number of nitrogens with one attached hydrogen (secondary N) is 1. The van der Waals surface area contributed by atoms with Crippen LogP contribution in [0.1, 0.15) is 30.7 Å². The molecule has 0 bridgehead atoms. The van der Waals surface area contributed by atoms with Gasteiger partial charge in [-0.1, -0.05) is 18.2 Å². The molecule has 5 nitrogen and oxygen atoms in total. The molecule has 1 aromatic rings. The topological polar surface area (TPSA) is 69.6 Å². The number of urea groups is 1. The number of hydrogen-bond acceptors (Lipinski definition) is 2. The highest BCUT2D eigenvalue weighted by molar-refractivity contribution is 5.95. The van der Waals surface area contributed by atoms with Gasteiger partial charge >= 0.3 is 12.0 Å². The molecule has 1 aliphatic carbocycles. The van der Waals surface area contributed by atoms with Crippen LogP contribution in [0.3, 0.4) is 0 Å². The maximum absolute atomic E-state index is 12.2. The molecule has 19 heavy (non-hydrogen) atoms. The van der Waals surface area contributed by atoms with Crippen molar-refractivity contribution in [2.75, 3.05) is 11.4 Å². The van der Waals surface area contributed by atoms with Crippen LogP contribution in [-0.4, -0.2) is 29.7 Å². The Bertz CT molecular complexity index is 525. The summed E-state index contributed by atoms with van der Waals surface area (Å²) in [7, 11) is 0. The number of nitrogens with zero attached hydrogens (tertiary/aromatic N) is 1. The first-order valence-corrected chi connectivity index (χ1v) is 6.54. The number of rotatable bonds is 3. The van der Waals surface area contributed by atoms with E-state index in [1.807, 2.05) is 24.3 Å². The highest BCUT2D eigenvalue weighted by atomic mass is 16.4. The lowest BCUT2D eigenvalue weighted by atomic mass is 9.98. The second-order valence-electron chi connectivity index (χ2n) is 5.19. The monoisotopic (exact) mass is 260 g/mol. The number of carboxylic acid groups (broad SMARTS) is 1. The molecule has 2 N–H and O–H groups in total. The summed E-state index contributed by atoms with van der Waals surface area (Å²) in [6.45, 7) is 0.449. The van der Waals surface area contributed by atoms with Gasteiger partial charge in [-0.25, -0.2) is 4.79 Å². The van der Waals surface area contributed by atoms with E-state index in [0.29, 0.717) is 12.6 Å². The largest absolute Gasteiger partial charge is 0.481 e. The molecule has 1 fully saturated rings. The van der Waals surface area contributed by atoms with E-state index < -0.39 is 5.97 Å². The summed E-state index contributed by atoms with van der Waals surface area (Å²) in [5.74, 6) is -0.942. The van der Waals surface area contributed by atoms with Crippen molar-refractivity contribution in [1.82, 2.24) is 5.32 Å². The Morgan fingerprint density at radius 2 is 2.05 bits per heavy atom. The normalized spacial score (nSPS) is 21.1. The zero-order chi connectivity index (χ0) is 13.4. The number of carbonyl (C=O) groups is 2. The molecule has 2 amide bonds. The summed E-state index contributed by atoms with van der Waals surface area (Å²) in [6, 6.07) is 7.74. The molecule has 3 rings (SSSR count). The fourth-order valence-corrected chi connectivity index (χ4v) is 2.55. The van der Waals surface area contributed by atoms with Gasteiger partial charge in [0.2, 0.25) is 0 Å². The first-order valence-electron chi connectivity index (χ1n) is 6.54. The van der Waals surface area contributed by atoms with E-state index in [-0.39, 0.29) is 18.4 Å². The lowest BCUT2D eigenvalue weighted by molar-refractivity contribution is -0.137. The van der Waals surface area contributed by atoms with Crippen molar-refractivity contribution in [3.8, 4) is 0 Å². The van der Waals surface area contributed by atoms with Gasteiger partial charge in [0, 0.05) is 24.2 Å². The lowest BCUT2D eigenvalue weighted by Crippen LogP contribution is -2.40. The van der Waals surface area contributed by atoms with Crippen molar-refractivity contribution in [1.29, 1.82) is 0 Å². The van der Waals surface area contributed by atoms with E-state index >= 15 is 0 Å². The molecular weight excluding hydrogens is 244 g/mol. The minimum Gasteiger partial charge on any atom is -0.481 e. The van der Waals surface area contributed by atoms with E-state index in [2.05, 4.69) is 5.32 Å². The van der Waals surface area contributed by atoms with Crippen LogP contribution in [0, 0.1) is 0 Å².